The Kier molecular flexibility index (Phi) is 5.13. The number of fused-ring (bicyclic) bond motifs is 1. The fourth-order valence-corrected chi connectivity index (χ4v) is 2.75. The molecule has 132 valence electrons. The summed E-state index contributed by atoms with van der Waals surface area (Å²) < 4.78 is 1.58. The Bertz CT molecular complexity index is 991. The summed E-state index contributed by atoms with van der Waals surface area (Å²) in [6, 6.07) is 3.30. The van der Waals surface area contributed by atoms with E-state index in [0.717, 1.165) is 16.8 Å². The number of hydrogen-bond donors (Lipinski definition) is 3. The van der Waals surface area contributed by atoms with Crippen molar-refractivity contribution in [3.05, 3.63) is 45.5 Å². The van der Waals surface area contributed by atoms with Crippen molar-refractivity contribution in [3.63, 3.8) is 0 Å². The smallest absolute Gasteiger partial charge is 0.273 e. The predicted molar refractivity (Wildman–Crippen MR) is 99.0 cm³/mol. The number of pyridine rings is 2. The molecule has 0 aliphatic rings. The maximum atomic E-state index is 12.3. The van der Waals surface area contributed by atoms with E-state index in [-0.39, 0.29) is 30.3 Å². The molecular formula is C16H19ClN6O2. The van der Waals surface area contributed by atoms with E-state index in [4.69, 9.17) is 5.73 Å². The first kappa shape index (κ1) is 18.5. The Labute approximate surface area is 149 Å². The van der Waals surface area contributed by atoms with Crippen molar-refractivity contribution in [2.45, 2.75) is 20.3 Å². The molecule has 0 radical (unpaired) electrons. The fraction of sp³-hybridized carbons (Fsp3) is 0.250. The van der Waals surface area contributed by atoms with Crippen molar-refractivity contribution in [1.29, 1.82) is 0 Å². The van der Waals surface area contributed by atoms with E-state index in [2.05, 4.69) is 20.4 Å². The average Bonchev–Trinajstić information content (AvgIpc) is 2.80. The van der Waals surface area contributed by atoms with Gasteiger partial charge in [-0.1, -0.05) is 0 Å². The maximum Gasteiger partial charge on any atom is 0.273 e. The van der Waals surface area contributed by atoms with Gasteiger partial charge in [-0.05, 0) is 37.1 Å². The molecule has 0 aliphatic heterocycles. The number of carbonyl (C=O) groups is 1. The minimum absolute atomic E-state index is 0. The number of halogens is 1. The van der Waals surface area contributed by atoms with Gasteiger partial charge < -0.3 is 11.1 Å². The maximum absolute atomic E-state index is 12.3. The molecule has 8 nitrogen and oxygen atoms in total. The molecule has 0 bridgehead atoms. The number of nitrogen functional groups attached to an aromatic ring is 1. The van der Waals surface area contributed by atoms with Crippen molar-refractivity contribution >= 4 is 40.9 Å². The molecule has 0 fully saturated rings. The monoisotopic (exact) mass is 362 g/mol. The van der Waals surface area contributed by atoms with Crippen LogP contribution >= 0.6 is 12.4 Å². The summed E-state index contributed by atoms with van der Waals surface area (Å²) in [5.74, 6) is 0.180. The molecule has 0 aliphatic carbocycles. The molecule has 9 heteroatoms. The summed E-state index contributed by atoms with van der Waals surface area (Å²) in [7, 11) is 1.73. The SMILES string of the molecule is Cc1nc2c(c(C)c1CC(=O)Nc1ccc(N)nc1)c(=O)[nH]n2C.Cl. The third-order valence-electron chi connectivity index (χ3n) is 3.98. The van der Waals surface area contributed by atoms with Crippen molar-refractivity contribution in [2.75, 3.05) is 11.1 Å². The summed E-state index contributed by atoms with van der Waals surface area (Å²) in [4.78, 5) is 32.7. The molecule has 0 spiro atoms. The highest BCUT2D eigenvalue weighted by atomic mass is 35.5. The van der Waals surface area contributed by atoms with Gasteiger partial charge in [-0.3, -0.25) is 19.4 Å². The summed E-state index contributed by atoms with van der Waals surface area (Å²) in [6.07, 6.45) is 1.62. The van der Waals surface area contributed by atoms with Crippen LogP contribution in [0.15, 0.2) is 23.1 Å². The first-order chi connectivity index (χ1) is 11.4. The molecule has 0 saturated carbocycles. The van der Waals surface area contributed by atoms with Gasteiger partial charge in [0, 0.05) is 12.7 Å². The number of H-pyrrole nitrogens is 1. The van der Waals surface area contributed by atoms with Crippen LogP contribution in [0.4, 0.5) is 11.5 Å². The number of rotatable bonds is 3. The van der Waals surface area contributed by atoms with Crippen LogP contribution in [0.3, 0.4) is 0 Å². The highest BCUT2D eigenvalue weighted by molar-refractivity contribution is 5.93. The zero-order chi connectivity index (χ0) is 17.4. The van der Waals surface area contributed by atoms with Gasteiger partial charge in [0.1, 0.15) is 5.82 Å². The lowest BCUT2D eigenvalue weighted by Crippen LogP contribution is -2.17. The van der Waals surface area contributed by atoms with Gasteiger partial charge in [0.15, 0.2) is 5.65 Å². The largest absolute Gasteiger partial charge is 0.384 e. The average molecular weight is 363 g/mol. The van der Waals surface area contributed by atoms with Crippen molar-refractivity contribution in [1.82, 2.24) is 19.7 Å². The molecule has 0 saturated heterocycles. The molecular weight excluding hydrogens is 344 g/mol. The molecule has 3 aromatic rings. The van der Waals surface area contributed by atoms with Crippen LogP contribution in [0, 0.1) is 13.8 Å². The van der Waals surface area contributed by atoms with Crippen LogP contribution in [0.5, 0.6) is 0 Å². The number of aromatic nitrogens is 4. The number of aryl methyl sites for hydroxylation is 3. The lowest BCUT2D eigenvalue weighted by Gasteiger charge is -2.11. The van der Waals surface area contributed by atoms with Gasteiger partial charge >= 0.3 is 0 Å². The van der Waals surface area contributed by atoms with Crippen molar-refractivity contribution in [2.24, 2.45) is 7.05 Å². The van der Waals surface area contributed by atoms with E-state index < -0.39 is 0 Å². The lowest BCUT2D eigenvalue weighted by atomic mass is 10.0. The molecule has 0 unspecified atom stereocenters. The van der Waals surface area contributed by atoms with E-state index >= 15 is 0 Å². The summed E-state index contributed by atoms with van der Waals surface area (Å²) >= 11 is 0. The number of amides is 1. The van der Waals surface area contributed by atoms with Gasteiger partial charge in [0.2, 0.25) is 5.91 Å². The number of carbonyl (C=O) groups excluding carboxylic acids is 1. The highest BCUT2D eigenvalue weighted by Gasteiger charge is 2.17. The van der Waals surface area contributed by atoms with Gasteiger partial charge in [0.25, 0.3) is 5.56 Å². The van der Waals surface area contributed by atoms with Gasteiger partial charge in [-0.25, -0.2) is 9.97 Å². The number of nitrogens with two attached hydrogens (primary N) is 1. The second-order valence-electron chi connectivity index (χ2n) is 5.70. The molecule has 1 amide bonds. The zero-order valence-electron chi connectivity index (χ0n) is 14.1. The number of nitrogens with one attached hydrogen (secondary N) is 2. The van der Waals surface area contributed by atoms with Crippen LogP contribution in [-0.2, 0) is 18.3 Å². The Morgan fingerprint density at radius 3 is 2.72 bits per heavy atom. The Hall–Kier alpha value is -2.87. The first-order valence-corrected chi connectivity index (χ1v) is 7.43. The van der Waals surface area contributed by atoms with Crippen LogP contribution in [0.2, 0.25) is 0 Å². The minimum Gasteiger partial charge on any atom is -0.384 e. The quantitative estimate of drug-likeness (QED) is 0.651. The van der Waals surface area contributed by atoms with Crippen LogP contribution in [0.1, 0.15) is 16.8 Å². The molecule has 3 aromatic heterocycles. The van der Waals surface area contributed by atoms with Crippen LogP contribution in [-0.4, -0.2) is 25.7 Å². The molecule has 0 aromatic carbocycles. The third-order valence-corrected chi connectivity index (χ3v) is 3.98. The van der Waals surface area contributed by atoms with Crippen LogP contribution < -0.4 is 16.6 Å². The van der Waals surface area contributed by atoms with Gasteiger partial charge in [-0.15, -0.1) is 12.4 Å². The van der Waals surface area contributed by atoms with Crippen molar-refractivity contribution in [3.8, 4) is 0 Å². The molecule has 0 atom stereocenters. The lowest BCUT2D eigenvalue weighted by molar-refractivity contribution is -0.115. The van der Waals surface area contributed by atoms with Crippen molar-refractivity contribution < 1.29 is 4.79 Å². The topological polar surface area (TPSA) is 119 Å². The summed E-state index contributed by atoms with van der Waals surface area (Å²) in [5, 5.41) is 5.97. The summed E-state index contributed by atoms with van der Waals surface area (Å²) in [6.45, 7) is 3.66. The Balaban J connectivity index is 0.00000225. The van der Waals surface area contributed by atoms with E-state index in [1.54, 1.807) is 23.9 Å². The third kappa shape index (κ3) is 3.48. The van der Waals surface area contributed by atoms with Gasteiger partial charge in [-0.2, -0.15) is 0 Å². The van der Waals surface area contributed by atoms with E-state index in [0.29, 0.717) is 22.5 Å². The second-order valence-corrected chi connectivity index (χ2v) is 5.70. The molecule has 3 heterocycles. The zero-order valence-corrected chi connectivity index (χ0v) is 14.9. The Morgan fingerprint density at radius 2 is 2.08 bits per heavy atom. The molecule has 3 rings (SSSR count). The fourth-order valence-electron chi connectivity index (χ4n) is 2.75. The molecule has 4 N–H and O–H groups in total. The summed E-state index contributed by atoms with van der Waals surface area (Å²) in [5.41, 5.74) is 8.71. The number of hydrogen-bond acceptors (Lipinski definition) is 5. The van der Waals surface area contributed by atoms with E-state index in [1.807, 2.05) is 13.8 Å². The highest BCUT2D eigenvalue weighted by Crippen LogP contribution is 2.20. The Morgan fingerprint density at radius 1 is 1.36 bits per heavy atom. The van der Waals surface area contributed by atoms with Gasteiger partial charge in [0.05, 0.1) is 23.7 Å². The van der Waals surface area contributed by atoms with E-state index in [9.17, 15) is 9.59 Å². The van der Waals surface area contributed by atoms with E-state index in [1.165, 1.54) is 6.20 Å². The second kappa shape index (κ2) is 6.94. The molecule has 25 heavy (non-hydrogen) atoms. The normalized spacial score (nSPS) is 10.5. The standard InChI is InChI=1S/C16H18N6O2.ClH/c1-8-11(6-13(23)20-10-4-5-12(17)18-7-10)9(2)19-15-14(8)16(24)21-22(15)3;/h4-5,7H,6H2,1-3H3,(H2,17,18)(H,20,23)(H,21,24);1H. The number of anilines is 2. The number of aromatic amines is 1. The predicted octanol–water partition coefficient (Wildman–Crippen LogP) is 1.46. The number of nitrogens with zero attached hydrogens (tertiary/aromatic N) is 3. The minimum atomic E-state index is -0.207. The first-order valence-electron chi connectivity index (χ1n) is 7.43. The van der Waals surface area contributed by atoms with Crippen LogP contribution in [0.25, 0.3) is 11.0 Å².